The molecule has 1 aromatic heterocycles. The van der Waals surface area contributed by atoms with E-state index in [9.17, 15) is 4.79 Å². The van der Waals surface area contributed by atoms with Crippen LogP contribution < -0.4 is 0 Å². The molecule has 5 nitrogen and oxygen atoms in total. The highest BCUT2D eigenvalue weighted by atomic mass is 35.5. The standard InChI is InChI=1S/C27H27ClN4O/c1-20(27(33)31-16-14-30(15-17-31)19-21-8-4-2-5-9-21)32-25-13-12-23(28)18-24(25)26(29-32)22-10-6-3-7-11-22/h2-13,18,20H,14-17,19H2,1H3/t20-/m1/s1. The molecule has 0 radical (unpaired) electrons. The summed E-state index contributed by atoms with van der Waals surface area (Å²) >= 11 is 6.31. The zero-order valence-corrected chi connectivity index (χ0v) is 19.4. The van der Waals surface area contributed by atoms with E-state index in [4.69, 9.17) is 16.7 Å². The first kappa shape index (κ1) is 21.7. The van der Waals surface area contributed by atoms with Crippen molar-refractivity contribution < 1.29 is 4.79 Å². The van der Waals surface area contributed by atoms with Crippen LogP contribution in [0.15, 0.2) is 78.9 Å². The Morgan fingerprint density at radius 1 is 0.939 bits per heavy atom. The summed E-state index contributed by atoms with van der Waals surface area (Å²) in [4.78, 5) is 17.8. The molecule has 1 amide bonds. The van der Waals surface area contributed by atoms with E-state index in [0.717, 1.165) is 54.9 Å². The summed E-state index contributed by atoms with van der Waals surface area (Å²) < 4.78 is 1.85. The number of benzene rings is 3. The van der Waals surface area contributed by atoms with E-state index in [2.05, 4.69) is 29.2 Å². The van der Waals surface area contributed by atoms with Crippen LogP contribution in [0.1, 0.15) is 18.5 Å². The molecule has 3 aromatic carbocycles. The lowest BCUT2D eigenvalue weighted by Gasteiger charge is -2.36. The van der Waals surface area contributed by atoms with Gasteiger partial charge in [0.15, 0.2) is 0 Å². The van der Waals surface area contributed by atoms with Crippen LogP contribution in [0.25, 0.3) is 22.2 Å². The Morgan fingerprint density at radius 3 is 2.30 bits per heavy atom. The molecule has 0 bridgehead atoms. The van der Waals surface area contributed by atoms with Crippen molar-refractivity contribution in [2.45, 2.75) is 19.5 Å². The van der Waals surface area contributed by atoms with Crippen molar-refractivity contribution in [2.24, 2.45) is 0 Å². The van der Waals surface area contributed by atoms with Gasteiger partial charge in [-0.05, 0) is 30.7 Å². The molecule has 2 heterocycles. The molecule has 1 aliphatic rings. The Labute approximate surface area is 199 Å². The molecule has 1 atom stereocenters. The second-order valence-corrected chi connectivity index (χ2v) is 9.02. The molecule has 168 valence electrons. The Bertz CT molecular complexity index is 1250. The van der Waals surface area contributed by atoms with Crippen LogP contribution in [0.4, 0.5) is 0 Å². The van der Waals surface area contributed by atoms with Crippen molar-refractivity contribution in [3.63, 3.8) is 0 Å². The molecule has 0 spiro atoms. The number of hydrogen-bond acceptors (Lipinski definition) is 3. The fourth-order valence-corrected chi connectivity index (χ4v) is 4.73. The molecule has 0 unspecified atom stereocenters. The van der Waals surface area contributed by atoms with Gasteiger partial charge in [0.1, 0.15) is 11.7 Å². The van der Waals surface area contributed by atoms with Crippen LogP contribution in [0, 0.1) is 0 Å². The minimum Gasteiger partial charge on any atom is -0.338 e. The predicted molar refractivity (Wildman–Crippen MR) is 133 cm³/mol. The van der Waals surface area contributed by atoms with Gasteiger partial charge in [-0.2, -0.15) is 5.10 Å². The Hall–Kier alpha value is -3.15. The highest BCUT2D eigenvalue weighted by Crippen LogP contribution is 2.32. The van der Waals surface area contributed by atoms with E-state index in [1.165, 1.54) is 5.56 Å². The first-order valence-corrected chi connectivity index (χ1v) is 11.8. The molecule has 5 rings (SSSR count). The first-order chi connectivity index (χ1) is 16.1. The molecule has 0 saturated carbocycles. The molecule has 1 aliphatic heterocycles. The average Bonchev–Trinajstić information content (AvgIpc) is 3.23. The van der Waals surface area contributed by atoms with Gasteiger partial charge in [-0.15, -0.1) is 0 Å². The molecule has 6 heteroatoms. The maximum absolute atomic E-state index is 13.4. The van der Waals surface area contributed by atoms with Crippen molar-refractivity contribution in [1.29, 1.82) is 0 Å². The van der Waals surface area contributed by atoms with Crippen LogP contribution >= 0.6 is 11.6 Å². The van der Waals surface area contributed by atoms with Crippen LogP contribution in [-0.2, 0) is 11.3 Å². The highest BCUT2D eigenvalue weighted by Gasteiger charge is 2.28. The van der Waals surface area contributed by atoms with Crippen LogP contribution in [-0.4, -0.2) is 51.7 Å². The van der Waals surface area contributed by atoms with E-state index in [0.29, 0.717) is 5.02 Å². The number of hydrogen-bond donors (Lipinski definition) is 0. The maximum Gasteiger partial charge on any atom is 0.247 e. The number of fused-ring (bicyclic) bond motifs is 1. The summed E-state index contributed by atoms with van der Waals surface area (Å²) in [6.45, 7) is 6.06. The fourth-order valence-electron chi connectivity index (χ4n) is 4.55. The molecule has 33 heavy (non-hydrogen) atoms. The van der Waals surface area contributed by atoms with Gasteiger partial charge in [0.25, 0.3) is 0 Å². The minimum absolute atomic E-state index is 0.105. The average molecular weight is 459 g/mol. The van der Waals surface area contributed by atoms with Gasteiger partial charge in [-0.3, -0.25) is 14.4 Å². The number of halogens is 1. The lowest BCUT2D eigenvalue weighted by molar-refractivity contribution is -0.136. The molecule has 1 saturated heterocycles. The van der Waals surface area contributed by atoms with Crippen molar-refractivity contribution >= 4 is 28.4 Å². The first-order valence-electron chi connectivity index (χ1n) is 11.4. The van der Waals surface area contributed by atoms with E-state index < -0.39 is 6.04 Å². The molecule has 0 N–H and O–H groups in total. The van der Waals surface area contributed by atoms with Crippen LogP contribution in [0.3, 0.4) is 0 Å². The van der Waals surface area contributed by atoms with Crippen molar-refractivity contribution in [2.75, 3.05) is 26.2 Å². The summed E-state index contributed by atoms with van der Waals surface area (Å²) in [6, 6.07) is 25.9. The summed E-state index contributed by atoms with van der Waals surface area (Å²) in [7, 11) is 0. The smallest absolute Gasteiger partial charge is 0.247 e. The van der Waals surface area contributed by atoms with Gasteiger partial charge in [-0.1, -0.05) is 72.3 Å². The molecular weight excluding hydrogens is 432 g/mol. The second-order valence-electron chi connectivity index (χ2n) is 8.58. The fraction of sp³-hybridized carbons (Fsp3) is 0.259. The van der Waals surface area contributed by atoms with Crippen molar-refractivity contribution in [3.8, 4) is 11.3 Å². The largest absolute Gasteiger partial charge is 0.338 e. The molecule has 1 fully saturated rings. The van der Waals surface area contributed by atoms with Gasteiger partial charge in [0, 0.05) is 48.7 Å². The third-order valence-corrected chi connectivity index (χ3v) is 6.61. The molecular formula is C27H27ClN4O. The van der Waals surface area contributed by atoms with Gasteiger partial charge < -0.3 is 4.90 Å². The van der Waals surface area contributed by atoms with Crippen molar-refractivity contribution in [3.05, 3.63) is 89.4 Å². The zero-order valence-electron chi connectivity index (χ0n) is 18.7. The number of aromatic nitrogens is 2. The third-order valence-electron chi connectivity index (χ3n) is 6.37. The summed E-state index contributed by atoms with van der Waals surface area (Å²) in [6.07, 6.45) is 0. The van der Waals surface area contributed by atoms with E-state index >= 15 is 0 Å². The van der Waals surface area contributed by atoms with Gasteiger partial charge >= 0.3 is 0 Å². The second kappa shape index (κ2) is 9.38. The van der Waals surface area contributed by atoms with Crippen LogP contribution in [0.2, 0.25) is 5.02 Å². The number of amides is 1. The topological polar surface area (TPSA) is 41.4 Å². The Morgan fingerprint density at radius 2 is 1.61 bits per heavy atom. The number of rotatable bonds is 5. The number of carbonyl (C=O) groups is 1. The maximum atomic E-state index is 13.4. The van der Waals surface area contributed by atoms with E-state index in [1.807, 2.05) is 71.1 Å². The normalized spacial score (nSPS) is 15.6. The quantitative estimate of drug-likeness (QED) is 0.409. The Kier molecular flexibility index (Phi) is 6.16. The van der Waals surface area contributed by atoms with Gasteiger partial charge in [0.2, 0.25) is 5.91 Å². The molecule has 0 aliphatic carbocycles. The lowest BCUT2D eigenvalue weighted by atomic mass is 10.1. The zero-order chi connectivity index (χ0) is 22.8. The summed E-state index contributed by atoms with van der Waals surface area (Å²) in [5.74, 6) is 0.105. The summed E-state index contributed by atoms with van der Waals surface area (Å²) in [5, 5.41) is 6.51. The third kappa shape index (κ3) is 4.52. The molecule has 4 aromatic rings. The highest BCUT2D eigenvalue weighted by molar-refractivity contribution is 6.31. The van der Waals surface area contributed by atoms with E-state index in [1.54, 1.807) is 0 Å². The summed E-state index contributed by atoms with van der Waals surface area (Å²) in [5.41, 5.74) is 4.08. The van der Waals surface area contributed by atoms with Gasteiger partial charge in [-0.25, -0.2) is 0 Å². The van der Waals surface area contributed by atoms with Crippen LogP contribution in [0.5, 0.6) is 0 Å². The van der Waals surface area contributed by atoms with Crippen molar-refractivity contribution in [1.82, 2.24) is 19.6 Å². The monoisotopic (exact) mass is 458 g/mol. The lowest BCUT2D eigenvalue weighted by Crippen LogP contribution is -2.50. The van der Waals surface area contributed by atoms with Gasteiger partial charge in [0.05, 0.1) is 5.52 Å². The number of piperazine rings is 1. The number of carbonyl (C=O) groups excluding carboxylic acids is 1. The minimum atomic E-state index is -0.396. The Balaban J connectivity index is 1.35. The SMILES string of the molecule is C[C@H](C(=O)N1CCN(Cc2ccccc2)CC1)n1nc(-c2ccccc2)c2cc(Cl)ccc21. The predicted octanol–water partition coefficient (Wildman–Crippen LogP) is 5.26. The van der Waals surface area contributed by atoms with E-state index in [-0.39, 0.29) is 5.91 Å². The number of nitrogens with zero attached hydrogens (tertiary/aromatic N) is 4.